The van der Waals surface area contributed by atoms with Crippen LogP contribution in [0.3, 0.4) is 0 Å². The van der Waals surface area contributed by atoms with Gasteiger partial charge < -0.3 is 9.73 Å². The maximum absolute atomic E-state index is 13.0. The number of amides is 1. The number of nitrogens with zero attached hydrogens (tertiary/aromatic N) is 3. The van der Waals surface area contributed by atoms with Gasteiger partial charge >= 0.3 is 0 Å². The molecule has 0 aliphatic heterocycles. The fraction of sp³-hybridized carbons (Fsp3) is 0.0455. The maximum Gasteiger partial charge on any atom is 0.257 e. The number of nitrogens with one attached hydrogen (secondary N) is 1. The minimum atomic E-state index is -0.189. The van der Waals surface area contributed by atoms with Crippen LogP contribution in [0.2, 0.25) is 0 Å². The third kappa shape index (κ3) is 3.21. The Morgan fingerprint density at radius 3 is 2.83 bits per heavy atom. The third-order valence-electron chi connectivity index (χ3n) is 4.55. The molecule has 3 aromatic heterocycles. The average molecular weight is 400 g/mol. The average Bonchev–Trinajstić information content (AvgIpc) is 3.48. The van der Waals surface area contributed by atoms with E-state index in [-0.39, 0.29) is 5.91 Å². The molecule has 1 amide bonds. The van der Waals surface area contributed by atoms with Crippen LogP contribution in [0.5, 0.6) is 0 Å². The number of anilines is 1. The summed E-state index contributed by atoms with van der Waals surface area (Å²) in [6.07, 6.45) is 1.61. The highest BCUT2D eigenvalue weighted by molar-refractivity contribution is 7.12. The first-order chi connectivity index (χ1) is 14.2. The van der Waals surface area contributed by atoms with Crippen LogP contribution >= 0.6 is 11.3 Å². The van der Waals surface area contributed by atoms with Gasteiger partial charge in [0.2, 0.25) is 5.13 Å². The molecule has 3 heterocycles. The molecule has 0 bridgehead atoms. The fourth-order valence-corrected chi connectivity index (χ4v) is 4.02. The van der Waals surface area contributed by atoms with Gasteiger partial charge in [-0.05, 0) is 35.9 Å². The summed E-state index contributed by atoms with van der Waals surface area (Å²) in [4.78, 5) is 17.6. The lowest BCUT2D eigenvalue weighted by Gasteiger charge is -2.09. The normalized spacial score (nSPS) is 11.1. The van der Waals surface area contributed by atoms with Crippen molar-refractivity contribution in [3.05, 3.63) is 83.6 Å². The van der Waals surface area contributed by atoms with E-state index < -0.39 is 0 Å². The van der Waals surface area contributed by atoms with E-state index in [1.165, 1.54) is 11.3 Å². The summed E-state index contributed by atoms with van der Waals surface area (Å²) in [5.74, 6) is 1.07. The molecule has 6 nitrogen and oxygen atoms in total. The molecule has 0 aliphatic carbocycles. The van der Waals surface area contributed by atoms with Crippen molar-refractivity contribution in [3.63, 3.8) is 0 Å². The van der Waals surface area contributed by atoms with E-state index in [2.05, 4.69) is 15.4 Å². The summed E-state index contributed by atoms with van der Waals surface area (Å²) in [5, 5.41) is 12.0. The second-order valence-corrected chi connectivity index (χ2v) is 7.39. The minimum absolute atomic E-state index is 0.189. The van der Waals surface area contributed by atoms with Crippen LogP contribution in [-0.2, 0) is 0 Å². The summed E-state index contributed by atoms with van der Waals surface area (Å²) in [7, 11) is 0. The number of carbonyl (C=O) groups excluding carboxylic acids is 1. The predicted octanol–water partition coefficient (Wildman–Crippen LogP) is 5.30. The van der Waals surface area contributed by atoms with Crippen molar-refractivity contribution in [1.82, 2.24) is 14.8 Å². The lowest BCUT2D eigenvalue weighted by Crippen LogP contribution is -2.15. The van der Waals surface area contributed by atoms with Gasteiger partial charge in [-0.15, -0.1) is 11.3 Å². The number of rotatable bonds is 4. The molecule has 0 atom stereocenters. The molecule has 0 unspecified atom stereocenters. The number of furan rings is 1. The van der Waals surface area contributed by atoms with Crippen LogP contribution in [-0.4, -0.2) is 20.7 Å². The number of benzene rings is 2. The Morgan fingerprint density at radius 2 is 1.97 bits per heavy atom. The Morgan fingerprint density at radius 1 is 1.10 bits per heavy atom. The third-order valence-corrected chi connectivity index (χ3v) is 5.37. The summed E-state index contributed by atoms with van der Waals surface area (Å²) in [6.45, 7) is 1.88. The van der Waals surface area contributed by atoms with E-state index in [0.29, 0.717) is 22.3 Å². The van der Waals surface area contributed by atoms with Crippen LogP contribution in [0.15, 0.2) is 76.7 Å². The first-order valence-corrected chi connectivity index (χ1v) is 9.92. The van der Waals surface area contributed by atoms with Gasteiger partial charge in [0.15, 0.2) is 5.76 Å². The molecule has 142 valence electrons. The van der Waals surface area contributed by atoms with Gasteiger partial charge in [0.1, 0.15) is 11.5 Å². The monoisotopic (exact) mass is 400 g/mol. The first-order valence-electron chi connectivity index (χ1n) is 9.04. The fourth-order valence-electron chi connectivity index (χ4n) is 3.24. The van der Waals surface area contributed by atoms with Gasteiger partial charge in [0.25, 0.3) is 5.91 Å². The minimum Gasteiger partial charge on any atom is -0.463 e. The van der Waals surface area contributed by atoms with Crippen molar-refractivity contribution in [1.29, 1.82) is 0 Å². The van der Waals surface area contributed by atoms with Gasteiger partial charge in [-0.1, -0.05) is 36.4 Å². The lowest BCUT2D eigenvalue weighted by molar-refractivity contribution is 0.102. The van der Waals surface area contributed by atoms with Crippen molar-refractivity contribution in [2.24, 2.45) is 0 Å². The van der Waals surface area contributed by atoms with Crippen LogP contribution in [0.4, 0.5) is 5.82 Å². The predicted molar refractivity (Wildman–Crippen MR) is 114 cm³/mol. The van der Waals surface area contributed by atoms with Crippen molar-refractivity contribution in [2.75, 3.05) is 5.32 Å². The quantitative estimate of drug-likeness (QED) is 0.444. The van der Waals surface area contributed by atoms with E-state index in [0.717, 1.165) is 22.2 Å². The SMILES string of the molecule is Cc1cc(NC(=O)c2cccc3ccccc23)n(-c2nc(-c3ccco3)cs2)n1. The van der Waals surface area contributed by atoms with Gasteiger partial charge in [-0.25, -0.2) is 4.98 Å². The van der Waals surface area contributed by atoms with Gasteiger partial charge in [-0.3, -0.25) is 4.79 Å². The molecule has 0 spiro atoms. The van der Waals surface area contributed by atoms with Gasteiger partial charge in [0.05, 0.1) is 12.0 Å². The van der Waals surface area contributed by atoms with Crippen molar-refractivity contribution in [3.8, 4) is 16.6 Å². The number of thiazole rings is 1. The zero-order valence-electron chi connectivity index (χ0n) is 15.5. The van der Waals surface area contributed by atoms with Crippen molar-refractivity contribution in [2.45, 2.75) is 6.92 Å². The van der Waals surface area contributed by atoms with Crippen LogP contribution in [0, 0.1) is 6.92 Å². The topological polar surface area (TPSA) is 73.0 Å². The Hall–Kier alpha value is -3.71. The van der Waals surface area contributed by atoms with Crippen LogP contribution < -0.4 is 5.32 Å². The Balaban J connectivity index is 1.49. The van der Waals surface area contributed by atoms with Crippen molar-refractivity contribution >= 4 is 33.8 Å². The molecule has 5 aromatic rings. The molecule has 5 rings (SSSR count). The zero-order chi connectivity index (χ0) is 19.8. The van der Waals surface area contributed by atoms with Gasteiger partial charge in [0, 0.05) is 17.0 Å². The number of aryl methyl sites for hydroxylation is 1. The zero-order valence-corrected chi connectivity index (χ0v) is 16.3. The first kappa shape index (κ1) is 17.4. The molecule has 0 fully saturated rings. The Labute approximate surface area is 170 Å². The molecule has 2 aromatic carbocycles. The largest absolute Gasteiger partial charge is 0.463 e. The molecule has 0 saturated heterocycles. The highest BCUT2D eigenvalue weighted by atomic mass is 32.1. The van der Waals surface area contributed by atoms with E-state index >= 15 is 0 Å². The van der Waals surface area contributed by atoms with Crippen LogP contribution in [0.1, 0.15) is 16.1 Å². The van der Waals surface area contributed by atoms with E-state index in [4.69, 9.17) is 4.42 Å². The summed E-state index contributed by atoms with van der Waals surface area (Å²) >= 11 is 1.43. The number of hydrogen-bond acceptors (Lipinski definition) is 5. The molecule has 0 radical (unpaired) electrons. The number of aromatic nitrogens is 3. The highest BCUT2D eigenvalue weighted by Gasteiger charge is 2.17. The molecular weight excluding hydrogens is 384 g/mol. The smallest absolute Gasteiger partial charge is 0.257 e. The summed E-state index contributed by atoms with van der Waals surface area (Å²) in [5.41, 5.74) is 2.13. The van der Waals surface area contributed by atoms with E-state index in [1.54, 1.807) is 10.9 Å². The van der Waals surface area contributed by atoms with E-state index in [1.807, 2.05) is 73.0 Å². The number of carbonyl (C=O) groups is 1. The standard InChI is InChI=1S/C22H16N4O2S/c1-14-12-20(24-21(27)17-9-4-7-15-6-2-3-8-16(15)17)26(25-14)22-23-18(13-29-22)19-10-5-11-28-19/h2-13H,1H3,(H,24,27). The molecule has 29 heavy (non-hydrogen) atoms. The molecule has 1 N–H and O–H groups in total. The Kier molecular flexibility index (Phi) is 4.22. The second-order valence-electron chi connectivity index (χ2n) is 6.56. The maximum atomic E-state index is 13.0. The van der Waals surface area contributed by atoms with Crippen LogP contribution in [0.25, 0.3) is 27.4 Å². The number of hydrogen-bond donors (Lipinski definition) is 1. The molecule has 0 aliphatic rings. The van der Waals surface area contributed by atoms with E-state index in [9.17, 15) is 4.79 Å². The summed E-state index contributed by atoms with van der Waals surface area (Å²) < 4.78 is 7.06. The number of fused-ring (bicyclic) bond motifs is 1. The molecule has 0 saturated carbocycles. The van der Waals surface area contributed by atoms with Crippen molar-refractivity contribution < 1.29 is 9.21 Å². The second kappa shape index (κ2) is 7.03. The summed E-state index contributed by atoms with van der Waals surface area (Å²) in [6, 6.07) is 19.0. The lowest BCUT2D eigenvalue weighted by atomic mass is 10.0. The molecular formula is C22H16N4O2S. The molecule has 7 heteroatoms. The Bertz CT molecular complexity index is 1310. The highest BCUT2D eigenvalue weighted by Crippen LogP contribution is 2.27. The van der Waals surface area contributed by atoms with Gasteiger partial charge in [-0.2, -0.15) is 9.78 Å².